The Morgan fingerprint density at radius 3 is 2.41 bits per heavy atom. The van der Waals surface area contributed by atoms with Crippen molar-refractivity contribution in [2.45, 2.75) is 63.8 Å². The predicted molar refractivity (Wildman–Crippen MR) is 106 cm³/mol. The Kier molecular flexibility index (Phi) is 5.51. The van der Waals surface area contributed by atoms with Crippen LogP contribution in [0.4, 0.5) is 0 Å². The number of hydrogen-bond acceptors (Lipinski definition) is 2. The monoisotopic (exact) mass is 368 g/mol. The molecule has 3 fully saturated rings. The van der Waals surface area contributed by atoms with Crippen LogP contribution in [0.15, 0.2) is 30.3 Å². The molecule has 2 saturated carbocycles. The second-order valence-corrected chi connectivity index (χ2v) is 8.76. The maximum absolute atomic E-state index is 13.0. The van der Waals surface area contributed by atoms with E-state index in [1.54, 1.807) is 0 Å². The van der Waals surface area contributed by atoms with Crippen LogP contribution in [0.2, 0.25) is 0 Å². The van der Waals surface area contributed by atoms with E-state index in [1.807, 2.05) is 35.2 Å². The molecule has 4 heteroatoms. The molecule has 4 nitrogen and oxygen atoms in total. The van der Waals surface area contributed by atoms with Gasteiger partial charge in [0.15, 0.2) is 0 Å². The van der Waals surface area contributed by atoms with Gasteiger partial charge in [0, 0.05) is 25.0 Å². The molecule has 146 valence electrons. The molecule has 2 aliphatic carbocycles. The lowest BCUT2D eigenvalue weighted by atomic mass is 9.87. The zero-order chi connectivity index (χ0) is 18.8. The average Bonchev–Trinajstić information content (AvgIpc) is 3.33. The lowest BCUT2D eigenvalue weighted by Gasteiger charge is -2.35. The Bertz CT molecular complexity index is 666. The zero-order valence-corrected chi connectivity index (χ0v) is 16.4. The highest BCUT2D eigenvalue weighted by molar-refractivity contribution is 5.84. The fourth-order valence-corrected chi connectivity index (χ4v) is 5.58. The number of nitrogens with zero attached hydrogens (tertiary/aromatic N) is 1. The van der Waals surface area contributed by atoms with Crippen molar-refractivity contribution >= 4 is 11.8 Å². The van der Waals surface area contributed by atoms with E-state index in [9.17, 15) is 9.59 Å². The number of rotatable bonds is 5. The molecule has 1 aromatic rings. The first kappa shape index (κ1) is 18.5. The van der Waals surface area contributed by atoms with Crippen molar-refractivity contribution in [2.24, 2.45) is 17.8 Å². The maximum atomic E-state index is 13.0. The van der Waals surface area contributed by atoms with E-state index >= 15 is 0 Å². The van der Waals surface area contributed by atoms with Gasteiger partial charge in [0.25, 0.3) is 0 Å². The van der Waals surface area contributed by atoms with Crippen LogP contribution in [0.3, 0.4) is 0 Å². The summed E-state index contributed by atoms with van der Waals surface area (Å²) < 4.78 is 0. The van der Waals surface area contributed by atoms with Gasteiger partial charge < -0.3 is 10.2 Å². The van der Waals surface area contributed by atoms with Crippen LogP contribution < -0.4 is 5.32 Å². The normalized spacial score (nSPS) is 28.9. The topological polar surface area (TPSA) is 49.4 Å². The van der Waals surface area contributed by atoms with E-state index in [0.29, 0.717) is 5.92 Å². The van der Waals surface area contributed by atoms with Crippen molar-refractivity contribution in [1.29, 1.82) is 0 Å². The van der Waals surface area contributed by atoms with Crippen molar-refractivity contribution in [2.75, 3.05) is 13.1 Å². The summed E-state index contributed by atoms with van der Waals surface area (Å²) in [6, 6.07) is 10.3. The second kappa shape index (κ2) is 8.04. The van der Waals surface area contributed by atoms with Gasteiger partial charge in [-0.1, -0.05) is 43.7 Å². The SMILES string of the molecule is CC[C@@H](C(=O)N1CCC(NC(=O)[C@H]2C[C@H]3CC[C@H]2C3)CC1)c1ccccc1. The lowest BCUT2D eigenvalue weighted by molar-refractivity contribution is -0.134. The number of hydrogen-bond donors (Lipinski definition) is 1. The largest absolute Gasteiger partial charge is 0.353 e. The fourth-order valence-electron chi connectivity index (χ4n) is 5.58. The van der Waals surface area contributed by atoms with E-state index in [0.717, 1.165) is 50.3 Å². The van der Waals surface area contributed by atoms with Gasteiger partial charge >= 0.3 is 0 Å². The van der Waals surface area contributed by atoms with Crippen molar-refractivity contribution in [3.05, 3.63) is 35.9 Å². The van der Waals surface area contributed by atoms with E-state index in [2.05, 4.69) is 12.2 Å². The Hall–Kier alpha value is -1.84. The quantitative estimate of drug-likeness (QED) is 0.861. The second-order valence-electron chi connectivity index (χ2n) is 8.76. The highest BCUT2D eigenvalue weighted by Gasteiger charge is 2.43. The van der Waals surface area contributed by atoms with E-state index in [4.69, 9.17) is 0 Å². The first-order valence-corrected chi connectivity index (χ1v) is 10.8. The number of carbonyl (C=O) groups is 2. The smallest absolute Gasteiger partial charge is 0.230 e. The molecule has 0 radical (unpaired) electrons. The first-order chi connectivity index (χ1) is 13.2. The maximum Gasteiger partial charge on any atom is 0.230 e. The van der Waals surface area contributed by atoms with E-state index in [1.165, 1.54) is 19.3 Å². The third-order valence-electron chi connectivity index (χ3n) is 7.14. The van der Waals surface area contributed by atoms with E-state index < -0.39 is 0 Å². The lowest BCUT2D eigenvalue weighted by Crippen LogP contribution is -2.49. The number of benzene rings is 1. The van der Waals surface area contributed by atoms with Gasteiger partial charge in [0.05, 0.1) is 5.92 Å². The van der Waals surface area contributed by atoms with Crippen molar-refractivity contribution < 1.29 is 9.59 Å². The van der Waals surface area contributed by atoms with Crippen molar-refractivity contribution in [1.82, 2.24) is 10.2 Å². The summed E-state index contributed by atoms with van der Waals surface area (Å²) in [7, 11) is 0. The van der Waals surface area contributed by atoms with Gasteiger partial charge in [-0.05, 0) is 55.9 Å². The number of piperidine rings is 1. The molecule has 1 saturated heterocycles. The van der Waals surface area contributed by atoms with Gasteiger partial charge in [0.2, 0.25) is 11.8 Å². The van der Waals surface area contributed by atoms with Crippen LogP contribution >= 0.6 is 0 Å². The third kappa shape index (κ3) is 3.90. The minimum Gasteiger partial charge on any atom is -0.353 e. The van der Waals surface area contributed by atoms with Crippen LogP contribution in [0.5, 0.6) is 0 Å². The third-order valence-corrected chi connectivity index (χ3v) is 7.14. The molecular weight excluding hydrogens is 336 g/mol. The molecule has 27 heavy (non-hydrogen) atoms. The average molecular weight is 369 g/mol. The van der Waals surface area contributed by atoms with Gasteiger partial charge in [0.1, 0.15) is 0 Å². The Labute approximate surface area is 162 Å². The van der Waals surface area contributed by atoms with Crippen molar-refractivity contribution in [3.63, 3.8) is 0 Å². The summed E-state index contributed by atoms with van der Waals surface area (Å²) in [5, 5.41) is 3.30. The Balaban J connectivity index is 1.28. The molecule has 4 rings (SSSR count). The number of amides is 2. The van der Waals surface area contributed by atoms with Crippen LogP contribution in [0.25, 0.3) is 0 Å². The number of likely N-dealkylation sites (tertiary alicyclic amines) is 1. The van der Waals surface area contributed by atoms with Gasteiger partial charge in [-0.2, -0.15) is 0 Å². The summed E-state index contributed by atoms with van der Waals surface area (Å²) in [5.74, 6) is 2.16. The van der Waals surface area contributed by atoms with Gasteiger partial charge in [-0.15, -0.1) is 0 Å². The van der Waals surface area contributed by atoms with E-state index in [-0.39, 0.29) is 29.7 Å². The summed E-state index contributed by atoms with van der Waals surface area (Å²) in [6.07, 6.45) is 7.52. The number of nitrogens with one attached hydrogen (secondary N) is 1. The number of carbonyl (C=O) groups excluding carboxylic acids is 2. The standard InChI is InChI=1S/C23H32N2O2/c1-2-20(17-6-4-3-5-7-17)23(27)25-12-10-19(11-13-25)24-22(26)21-15-16-8-9-18(21)14-16/h3-7,16,18-21H,2,8-15H2,1H3,(H,24,26)/t16-,18-,20+,21-/m0/s1. The van der Waals surface area contributed by atoms with Crippen LogP contribution in [-0.4, -0.2) is 35.8 Å². The molecule has 0 aromatic heterocycles. The predicted octanol–water partition coefficient (Wildman–Crippen LogP) is 3.72. The fraction of sp³-hybridized carbons (Fsp3) is 0.652. The van der Waals surface area contributed by atoms with Crippen molar-refractivity contribution in [3.8, 4) is 0 Å². The Morgan fingerprint density at radius 1 is 1.07 bits per heavy atom. The first-order valence-electron chi connectivity index (χ1n) is 10.8. The molecule has 4 atom stereocenters. The summed E-state index contributed by atoms with van der Waals surface area (Å²) in [4.78, 5) is 27.7. The number of fused-ring (bicyclic) bond motifs is 2. The van der Waals surface area contributed by atoms with Gasteiger partial charge in [-0.3, -0.25) is 9.59 Å². The molecule has 1 aliphatic heterocycles. The van der Waals surface area contributed by atoms with Crippen LogP contribution in [0.1, 0.15) is 63.4 Å². The zero-order valence-electron chi connectivity index (χ0n) is 16.4. The molecule has 0 unspecified atom stereocenters. The summed E-state index contributed by atoms with van der Waals surface area (Å²) in [5.41, 5.74) is 1.11. The molecule has 2 amide bonds. The molecular formula is C23H32N2O2. The molecule has 1 aromatic carbocycles. The highest BCUT2D eigenvalue weighted by atomic mass is 16.2. The van der Waals surface area contributed by atoms with Crippen LogP contribution in [-0.2, 0) is 9.59 Å². The minimum atomic E-state index is -0.0496. The summed E-state index contributed by atoms with van der Waals surface area (Å²) in [6.45, 7) is 3.59. The van der Waals surface area contributed by atoms with Crippen LogP contribution in [0, 0.1) is 17.8 Å². The van der Waals surface area contributed by atoms with Gasteiger partial charge in [-0.25, -0.2) is 0 Å². The summed E-state index contributed by atoms with van der Waals surface area (Å²) >= 11 is 0. The molecule has 0 spiro atoms. The molecule has 2 bridgehead atoms. The Morgan fingerprint density at radius 2 is 1.81 bits per heavy atom. The molecule has 3 aliphatic rings. The molecule has 1 heterocycles. The minimum absolute atomic E-state index is 0.0496. The highest BCUT2D eigenvalue weighted by Crippen LogP contribution is 2.48. The molecule has 1 N–H and O–H groups in total.